The summed E-state index contributed by atoms with van der Waals surface area (Å²) in [5, 5.41) is 3.01. The summed E-state index contributed by atoms with van der Waals surface area (Å²) in [7, 11) is 1.29. The fourth-order valence-corrected chi connectivity index (χ4v) is 2.36. The monoisotopic (exact) mass is 352 g/mol. The predicted octanol–water partition coefficient (Wildman–Crippen LogP) is 4.01. The molecule has 4 nitrogen and oxygen atoms in total. The fraction of sp³-hybridized carbons (Fsp3) is 0.133. The van der Waals surface area contributed by atoms with Crippen LogP contribution in [0.1, 0.15) is 15.9 Å². The van der Waals surface area contributed by atoms with Crippen molar-refractivity contribution in [2.45, 2.75) is 6.92 Å². The summed E-state index contributed by atoms with van der Waals surface area (Å²) in [5.74, 6) is -0.919. The first-order valence-electron chi connectivity index (χ1n) is 6.13. The van der Waals surface area contributed by atoms with Crippen molar-refractivity contribution >= 4 is 39.0 Å². The van der Waals surface area contributed by atoms with Crippen LogP contribution < -0.4 is 11.1 Å². The van der Waals surface area contributed by atoms with Crippen molar-refractivity contribution in [3.63, 3.8) is 0 Å². The first-order chi connectivity index (χ1) is 9.93. The van der Waals surface area contributed by atoms with Crippen LogP contribution in [0.15, 0.2) is 34.8 Å². The van der Waals surface area contributed by atoms with Gasteiger partial charge >= 0.3 is 5.97 Å². The number of ether oxygens (including phenoxy) is 1. The van der Waals surface area contributed by atoms with Crippen molar-refractivity contribution in [1.29, 1.82) is 0 Å². The van der Waals surface area contributed by atoms with Crippen LogP contribution >= 0.6 is 15.9 Å². The minimum absolute atomic E-state index is 0.292. The molecular weight excluding hydrogens is 339 g/mol. The Balaban J connectivity index is 2.49. The molecule has 0 aliphatic carbocycles. The molecule has 0 unspecified atom stereocenters. The zero-order chi connectivity index (χ0) is 15.6. The molecule has 0 aliphatic heterocycles. The van der Waals surface area contributed by atoms with E-state index in [4.69, 9.17) is 10.5 Å². The number of carbonyl (C=O) groups excluding carboxylic acids is 1. The molecule has 0 aliphatic rings. The SMILES string of the molecule is COC(=O)c1cccc(N)c1Nc1cc(F)c(Br)cc1C. The number of hydrogen-bond donors (Lipinski definition) is 2. The lowest BCUT2D eigenvalue weighted by molar-refractivity contribution is 0.0602. The normalized spacial score (nSPS) is 10.3. The highest BCUT2D eigenvalue weighted by Crippen LogP contribution is 2.31. The standard InChI is InChI=1S/C15H14BrFN2O2/c1-8-6-10(16)11(17)7-13(8)19-14-9(15(20)21-2)4-3-5-12(14)18/h3-7,19H,18H2,1-2H3. The van der Waals surface area contributed by atoms with Crippen LogP contribution in [0.3, 0.4) is 0 Å². The molecule has 0 saturated heterocycles. The predicted molar refractivity (Wildman–Crippen MR) is 84.3 cm³/mol. The van der Waals surface area contributed by atoms with Gasteiger partial charge in [0.1, 0.15) is 5.82 Å². The first-order valence-corrected chi connectivity index (χ1v) is 6.92. The number of para-hydroxylation sites is 1. The number of nitrogens with one attached hydrogen (secondary N) is 1. The number of benzene rings is 2. The molecule has 0 amide bonds. The van der Waals surface area contributed by atoms with Gasteiger partial charge in [-0.1, -0.05) is 6.07 Å². The van der Waals surface area contributed by atoms with Gasteiger partial charge in [0, 0.05) is 5.69 Å². The summed E-state index contributed by atoms with van der Waals surface area (Å²) in [5.41, 5.74) is 8.31. The molecule has 0 radical (unpaired) electrons. The van der Waals surface area contributed by atoms with E-state index in [1.54, 1.807) is 24.3 Å². The second-order valence-electron chi connectivity index (χ2n) is 4.47. The number of hydrogen-bond acceptors (Lipinski definition) is 4. The molecule has 3 N–H and O–H groups in total. The molecule has 0 aromatic heterocycles. The number of carbonyl (C=O) groups is 1. The van der Waals surface area contributed by atoms with Crippen molar-refractivity contribution in [2.75, 3.05) is 18.2 Å². The molecule has 0 atom stereocenters. The van der Waals surface area contributed by atoms with E-state index >= 15 is 0 Å². The van der Waals surface area contributed by atoms with Gasteiger partial charge in [-0.25, -0.2) is 9.18 Å². The van der Waals surface area contributed by atoms with Crippen molar-refractivity contribution in [3.8, 4) is 0 Å². The highest BCUT2D eigenvalue weighted by molar-refractivity contribution is 9.10. The summed E-state index contributed by atoms with van der Waals surface area (Å²) < 4.78 is 18.8. The lowest BCUT2D eigenvalue weighted by Gasteiger charge is -2.15. The molecule has 0 spiro atoms. The van der Waals surface area contributed by atoms with E-state index in [9.17, 15) is 9.18 Å². The first kappa shape index (κ1) is 15.3. The minimum atomic E-state index is -0.514. The average molecular weight is 353 g/mol. The number of esters is 1. The third kappa shape index (κ3) is 3.16. The molecule has 2 rings (SSSR count). The second kappa shape index (κ2) is 6.13. The Morgan fingerprint density at radius 3 is 2.76 bits per heavy atom. The number of aryl methyl sites for hydroxylation is 1. The summed E-state index contributed by atoms with van der Waals surface area (Å²) >= 11 is 3.13. The van der Waals surface area contributed by atoms with Gasteiger partial charge < -0.3 is 15.8 Å². The van der Waals surface area contributed by atoms with E-state index in [1.807, 2.05) is 6.92 Å². The molecule has 0 fully saturated rings. The zero-order valence-electron chi connectivity index (χ0n) is 11.5. The summed E-state index contributed by atoms with van der Waals surface area (Å²) in [6.07, 6.45) is 0. The third-order valence-electron chi connectivity index (χ3n) is 3.03. The van der Waals surface area contributed by atoms with Gasteiger partial charge in [0.2, 0.25) is 0 Å². The Morgan fingerprint density at radius 2 is 2.10 bits per heavy atom. The van der Waals surface area contributed by atoms with E-state index in [1.165, 1.54) is 13.2 Å². The summed E-state index contributed by atoms with van der Waals surface area (Å²) in [6, 6.07) is 7.89. The molecule has 2 aromatic carbocycles. The van der Waals surface area contributed by atoms with Crippen LogP contribution in [-0.2, 0) is 4.74 Å². The van der Waals surface area contributed by atoms with Gasteiger partial charge in [0.05, 0.1) is 28.5 Å². The van der Waals surface area contributed by atoms with Crippen molar-refractivity contribution in [3.05, 3.63) is 51.7 Å². The Hall–Kier alpha value is -2.08. The summed E-state index contributed by atoms with van der Waals surface area (Å²) in [6.45, 7) is 1.82. The molecule has 6 heteroatoms. The van der Waals surface area contributed by atoms with Crippen LogP contribution in [-0.4, -0.2) is 13.1 Å². The maximum atomic E-state index is 13.7. The fourth-order valence-electron chi connectivity index (χ4n) is 1.91. The molecule has 0 bridgehead atoms. The number of halogens is 2. The maximum absolute atomic E-state index is 13.7. The van der Waals surface area contributed by atoms with Crippen LogP contribution in [0.25, 0.3) is 0 Å². The molecular formula is C15H14BrFN2O2. The molecule has 21 heavy (non-hydrogen) atoms. The van der Waals surface area contributed by atoms with Crippen LogP contribution in [0.5, 0.6) is 0 Å². The van der Waals surface area contributed by atoms with Crippen molar-refractivity contribution in [2.24, 2.45) is 0 Å². The quantitative estimate of drug-likeness (QED) is 0.647. The van der Waals surface area contributed by atoms with Crippen LogP contribution in [0.4, 0.5) is 21.5 Å². The lowest BCUT2D eigenvalue weighted by atomic mass is 10.1. The van der Waals surface area contributed by atoms with Crippen LogP contribution in [0, 0.1) is 12.7 Å². The molecule has 2 aromatic rings. The van der Waals surface area contributed by atoms with E-state index in [2.05, 4.69) is 21.2 Å². The number of nitrogens with two attached hydrogens (primary N) is 1. The smallest absolute Gasteiger partial charge is 0.340 e. The lowest BCUT2D eigenvalue weighted by Crippen LogP contribution is -2.08. The highest BCUT2D eigenvalue weighted by atomic mass is 79.9. The van der Waals surface area contributed by atoms with E-state index in [0.717, 1.165) is 5.56 Å². The largest absolute Gasteiger partial charge is 0.465 e. The molecule has 0 saturated carbocycles. The van der Waals surface area contributed by atoms with Gasteiger partial charge in [-0.15, -0.1) is 0 Å². The van der Waals surface area contributed by atoms with Gasteiger partial charge in [0.25, 0.3) is 0 Å². The Labute approximate surface area is 130 Å². The number of methoxy groups -OCH3 is 1. The van der Waals surface area contributed by atoms with Gasteiger partial charge in [-0.05, 0) is 52.7 Å². The second-order valence-corrected chi connectivity index (χ2v) is 5.32. The Kier molecular flexibility index (Phi) is 4.47. The van der Waals surface area contributed by atoms with E-state index in [-0.39, 0.29) is 0 Å². The third-order valence-corrected chi connectivity index (χ3v) is 3.64. The highest BCUT2D eigenvalue weighted by Gasteiger charge is 2.15. The van der Waals surface area contributed by atoms with Crippen LogP contribution in [0.2, 0.25) is 0 Å². The topological polar surface area (TPSA) is 64.3 Å². The van der Waals surface area contributed by atoms with Crippen molar-refractivity contribution in [1.82, 2.24) is 0 Å². The number of rotatable bonds is 3. The van der Waals surface area contributed by atoms with E-state index in [0.29, 0.717) is 27.1 Å². The minimum Gasteiger partial charge on any atom is -0.465 e. The van der Waals surface area contributed by atoms with Gasteiger partial charge in [0.15, 0.2) is 0 Å². The maximum Gasteiger partial charge on any atom is 0.340 e. The van der Waals surface area contributed by atoms with E-state index < -0.39 is 11.8 Å². The van der Waals surface area contributed by atoms with Crippen molar-refractivity contribution < 1.29 is 13.9 Å². The number of anilines is 3. The summed E-state index contributed by atoms with van der Waals surface area (Å²) in [4.78, 5) is 11.8. The molecule has 110 valence electrons. The Bertz CT molecular complexity index is 704. The number of nitrogen functional groups attached to an aromatic ring is 1. The van der Waals surface area contributed by atoms with Gasteiger partial charge in [-0.3, -0.25) is 0 Å². The van der Waals surface area contributed by atoms with Gasteiger partial charge in [-0.2, -0.15) is 0 Å². The molecule has 0 heterocycles. The zero-order valence-corrected chi connectivity index (χ0v) is 13.1. The average Bonchev–Trinajstić information content (AvgIpc) is 2.45. The Morgan fingerprint density at radius 1 is 1.38 bits per heavy atom.